The molecule has 29 heavy (non-hydrogen) atoms. The van der Waals surface area contributed by atoms with E-state index in [1.807, 2.05) is 38.1 Å². The number of hydrogen-bond acceptors (Lipinski definition) is 3. The average molecular weight is 431 g/mol. The Morgan fingerprint density at radius 3 is 2.83 bits per heavy atom. The van der Waals surface area contributed by atoms with Gasteiger partial charge in [-0.2, -0.15) is 0 Å². The summed E-state index contributed by atoms with van der Waals surface area (Å²) in [5, 5.41) is 0.363. The number of β-lactam (4-membered cyclic amide) rings is 1. The van der Waals surface area contributed by atoms with Crippen LogP contribution in [0.2, 0.25) is 0 Å². The molecule has 4 rings (SSSR count). The van der Waals surface area contributed by atoms with Crippen LogP contribution in [0.4, 0.5) is 10.1 Å². The first kappa shape index (κ1) is 20.3. The zero-order chi connectivity index (χ0) is 20.7. The van der Waals surface area contributed by atoms with Crippen LogP contribution in [0.1, 0.15) is 30.5 Å². The Hall–Kier alpha value is -2.03. The zero-order valence-electron chi connectivity index (χ0n) is 16.4. The molecule has 0 bridgehead atoms. The predicted octanol–water partition coefficient (Wildman–Crippen LogP) is 4.58. The summed E-state index contributed by atoms with van der Waals surface area (Å²) in [7, 11) is 5.38. The number of halogens is 1. The van der Waals surface area contributed by atoms with Gasteiger partial charge < -0.3 is 14.6 Å². The van der Waals surface area contributed by atoms with E-state index in [1.165, 1.54) is 6.07 Å². The highest BCUT2D eigenvalue weighted by atomic mass is 31.1. The smallest absolute Gasteiger partial charge is 0.232 e. The topological polar surface area (TPSA) is 58.2 Å². The van der Waals surface area contributed by atoms with Gasteiger partial charge in [-0.15, -0.1) is 18.5 Å². The number of hydrogen-bond donors (Lipinski definition) is 1. The third-order valence-electron chi connectivity index (χ3n) is 5.39. The molecule has 0 spiro atoms. The van der Waals surface area contributed by atoms with Crippen molar-refractivity contribution in [2.75, 3.05) is 11.5 Å². The Labute approximate surface area is 173 Å². The molecule has 1 aliphatic rings. The molecule has 152 valence electrons. The predicted molar refractivity (Wildman–Crippen MR) is 120 cm³/mol. The molecular weight excluding hydrogens is 407 g/mol. The van der Waals surface area contributed by atoms with Crippen LogP contribution in [-0.2, 0) is 4.79 Å². The number of imidazole rings is 1. The number of rotatable bonds is 6. The van der Waals surface area contributed by atoms with Gasteiger partial charge in [0.05, 0.1) is 35.9 Å². The molecule has 5 nitrogen and oxygen atoms in total. The Morgan fingerprint density at radius 2 is 2.10 bits per heavy atom. The van der Waals surface area contributed by atoms with Crippen molar-refractivity contribution in [3.05, 3.63) is 53.6 Å². The lowest BCUT2D eigenvalue weighted by atomic mass is 9.81. The van der Waals surface area contributed by atoms with E-state index in [4.69, 9.17) is 4.74 Å². The number of nitrogens with zero attached hydrogens (tertiary/aromatic N) is 2. The largest absolute Gasteiger partial charge is 0.493 e. The minimum Gasteiger partial charge on any atom is -0.493 e. The molecule has 4 atom stereocenters. The number of ether oxygens (including phenoxy) is 1. The van der Waals surface area contributed by atoms with E-state index >= 15 is 4.39 Å². The number of benzene rings is 2. The van der Waals surface area contributed by atoms with Gasteiger partial charge in [-0.1, -0.05) is 6.92 Å². The molecule has 1 N–H and O–H groups in total. The molecule has 0 radical (unpaired) electrons. The van der Waals surface area contributed by atoms with Gasteiger partial charge in [0.25, 0.3) is 0 Å². The van der Waals surface area contributed by atoms with Gasteiger partial charge >= 0.3 is 0 Å². The number of nitrogens with one attached hydrogen (secondary N) is 1. The fraction of sp³-hybridized carbons (Fsp3) is 0.333. The molecule has 2 aromatic carbocycles. The van der Waals surface area contributed by atoms with E-state index in [2.05, 4.69) is 28.4 Å². The van der Waals surface area contributed by atoms with E-state index < -0.39 is 0 Å². The molecule has 2 heterocycles. The van der Waals surface area contributed by atoms with Gasteiger partial charge in [0.15, 0.2) is 0 Å². The van der Waals surface area contributed by atoms with Crippen molar-refractivity contribution in [1.82, 2.24) is 9.97 Å². The van der Waals surface area contributed by atoms with E-state index in [1.54, 1.807) is 11.2 Å². The van der Waals surface area contributed by atoms with Gasteiger partial charge in [0, 0.05) is 17.3 Å². The van der Waals surface area contributed by atoms with Crippen molar-refractivity contribution in [1.29, 1.82) is 0 Å². The van der Waals surface area contributed by atoms with E-state index in [0.29, 0.717) is 23.3 Å². The number of fused-ring (bicyclic) bond motifs is 1. The van der Waals surface area contributed by atoms with Crippen LogP contribution in [-0.4, -0.2) is 27.9 Å². The molecule has 3 aromatic rings. The fourth-order valence-corrected chi connectivity index (χ4v) is 4.14. The van der Waals surface area contributed by atoms with E-state index in [0.717, 1.165) is 28.7 Å². The maximum Gasteiger partial charge on any atom is 0.232 e. The second kappa shape index (κ2) is 8.01. The first-order chi connectivity index (χ1) is 13.9. The van der Waals surface area contributed by atoms with Crippen LogP contribution in [0, 0.1) is 18.7 Å². The van der Waals surface area contributed by atoms with Crippen molar-refractivity contribution in [2.24, 2.45) is 5.92 Å². The number of carbonyl (C=O) groups excluding carboxylic acids is 1. The van der Waals surface area contributed by atoms with Crippen LogP contribution < -0.4 is 9.64 Å². The Kier molecular flexibility index (Phi) is 5.59. The molecule has 0 saturated carbocycles. The SMILES string of the molecule is Cc1cc(OCCC(P)P)cc(F)c1[C@H]1[C@@H](C)C(=O)N1c1ccc2[nH]cnc2c1. The molecule has 1 aromatic heterocycles. The number of anilines is 1. The second-order valence-corrected chi connectivity index (χ2v) is 9.96. The van der Waals surface area contributed by atoms with E-state index in [-0.39, 0.29) is 23.7 Å². The first-order valence-corrected chi connectivity index (χ1v) is 10.9. The average Bonchev–Trinajstić information content (AvgIpc) is 3.14. The van der Waals surface area contributed by atoms with Crippen molar-refractivity contribution in [2.45, 2.75) is 31.7 Å². The lowest BCUT2D eigenvalue weighted by Gasteiger charge is -2.46. The normalized spacial score (nSPS) is 19.1. The van der Waals surface area contributed by atoms with Crippen LogP contribution >= 0.6 is 18.5 Å². The summed E-state index contributed by atoms with van der Waals surface area (Å²) < 4.78 is 20.8. The minimum absolute atomic E-state index is 0.0176. The molecule has 1 amide bonds. The third-order valence-corrected chi connectivity index (χ3v) is 6.05. The quantitative estimate of drug-likeness (QED) is 0.459. The standard InChI is InChI=1S/C21H24FN3O2P2/c1-11-7-14(27-6-5-18(28)29)9-15(22)19(11)20-12(2)21(26)25(20)13-3-4-16-17(8-13)24-10-23-16/h3-4,7-10,12,18,20H,5-6,28-29H2,1-2H3,(H,23,24)/t12-,20-/m1/s1. The van der Waals surface area contributed by atoms with Gasteiger partial charge in [-0.25, -0.2) is 9.37 Å². The monoisotopic (exact) mass is 431 g/mol. The number of amides is 1. The highest BCUT2D eigenvalue weighted by Crippen LogP contribution is 2.46. The summed E-state index contributed by atoms with van der Waals surface area (Å²) in [5.74, 6) is -0.138. The van der Waals surface area contributed by atoms with Crippen molar-refractivity contribution in [3.63, 3.8) is 0 Å². The summed E-state index contributed by atoms with van der Waals surface area (Å²) in [6.45, 7) is 4.23. The molecule has 0 aliphatic carbocycles. The Bertz CT molecular complexity index is 1050. The van der Waals surface area contributed by atoms with Crippen LogP contribution in [0.15, 0.2) is 36.7 Å². The highest BCUT2D eigenvalue weighted by molar-refractivity contribution is 7.37. The Balaban J connectivity index is 1.64. The maximum atomic E-state index is 15.1. The molecular formula is C21H24FN3O2P2. The minimum atomic E-state index is -0.351. The summed E-state index contributed by atoms with van der Waals surface area (Å²) in [5.41, 5.74) is 3.72. The third kappa shape index (κ3) is 3.76. The summed E-state index contributed by atoms with van der Waals surface area (Å²) in [6.07, 6.45) is 2.46. The molecule has 8 heteroatoms. The molecule has 1 aliphatic heterocycles. The number of aromatic nitrogens is 2. The number of carbonyl (C=O) groups is 1. The second-order valence-electron chi connectivity index (χ2n) is 7.48. The van der Waals surface area contributed by atoms with Gasteiger partial charge in [0.1, 0.15) is 11.6 Å². The summed E-state index contributed by atoms with van der Waals surface area (Å²) in [6, 6.07) is 8.53. The van der Waals surface area contributed by atoms with Crippen molar-refractivity contribution < 1.29 is 13.9 Å². The van der Waals surface area contributed by atoms with Crippen molar-refractivity contribution in [3.8, 4) is 5.75 Å². The van der Waals surface area contributed by atoms with E-state index in [9.17, 15) is 4.79 Å². The lowest BCUT2D eigenvalue weighted by molar-refractivity contribution is -0.129. The van der Waals surface area contributed by atoms with Gasteiger partial charge in [0.2, 0.25) is 5.91 Å². The Morgan fingerprint density at radius 1 is 1.31 bits per heavy atom. The number of aryl methyl sites for hydroxylation is 1. The number of H-pyrrole nitrogens is 1. The van der Waals surface area contributed by atoms with Gasteiger partial charge in [-0.05, 0) is 48.6 Å². The fourth-order valence-electron chi connectivity index (χ4n) is 3.86. The van der Waals surface area contributed by atoms with Crippen molar-refractivity contribution >= 4 is 41.1 Å². The summed E-state index contributed by atoms with van der Waals surface area (Å²) >= 11 is 0. The molecule has 1 saturated heterocycles. The maximum absolute atomic E-state index is 15.1. The van der Waals surface area contributed by atoms with Crippen LogP contribution in [0.3, 0.4) is 0 Å². The molecule has 2 unspecified atom stereocenters. The van der Waals surface area contributed by atoms with Crippen LogP contribution in [0.25, 0.3) is 11.0 Å². The van der Waals surface area contributed by atoms with Gasteiger partial charge in [-0.3, -0.25) is 4.79 Å². The number of aromatic amines is 1. The zero-order valence-corrected chi connectivity index (χ0v) is 18.7. The van der Waals surface area contributed by atoms with Crippen LogP contribution in [0.5, 0.6) is 5.75 Å². The lowest BCUT2D eigenvalue weighted by Crippen LogP contribution is -2.54. The highest BCUT2D eigenvalue weighted by Gasteiger charge is 2.47. The summed E-state index contributed by atoms with van der Waals surface area (Å²) in [4.78, 5) is 21.6. The molecule has 1 fully saturated rings. The first-order valence-electron chi connectivity index (χ1n) is 9.57.